The summed E-state index contributed by atoms with van der Waals surface area (Å²) in [7, 11) is 0. The van der Waals surface area contributed by atoms with Crippen molar-refractivity contribution < 1.29 is 14.3 Å². The van der Waals surface area contributed by atoms with Crippen LogP contribution in [-0.2, 0) is 0 Å². The number of carbonyl (C=O) groups excluding carboxylic acids is 1. The molecule has 1 aromatic carbocycles. The summed E-state index contributed by atoms with van der Waals surface area (Å²) in [6, 6.07) is 3.98. The first-order chi connectivity index (χ1) is 9.52. The topological polar surface area (TPSA) is 66.6 Å². The lowest BCUT2D eigenvalue weighted by atomic mass is 9.90. The van der Waals surface area contributed by atoms with E-state index in [2.05, 4.69) is 0 Å². The largest absolute Gasteiger partial charge is 0.508 e. The minimum atomic E-state index is -0.680. The number of aromatic hydroxyl groups is 1. The average Bonchev–Trinajstić information content (AvgIpc) is 2.41. The lowest BCUT2D eigenvalue weighted by Gasteiger charge is -2.35. The fourth-order valence-corrected chi connectivity index (χ4v) is 2.81. The number of halogens is 1. The molecule has 0 saturated heterocycles. The zero-order valence-electron chi connectivity index (χ0n) is 11.7. The Kier molecular flexibility index (Phi) is 4.60. The van der Waals surface area contributed by atoms with Crippen LogP contribution in [0.25, 0.3) is 0 Å². The van der Waals surface area contributed by atoms with Crippen molar-refractivity contribution >= 4 is 5.91 Å². The summed E-state index contributed by atoms with van der Waals surface area (Å²) in [6.07, 6.45) is 3.51. The zero-order valence-corrected chi connectivity index (χ0v) is 11.7. The molecular weight excluding hydrogens is 259 g/mol. The van der Waals surface area contributed by atoms with Crippen molar-refractivity contribution in [2.45, 2.75) is 44.7 Å². The van der Waals surface area contributed by atoms with Crippen molar-refractivity contribution in [2.24, 2.45) is 5.73 Å². The van der Waals surface area contributed by atoms with Gasteiger partial charge in [-0.1, -0.05) is 0 Å². The second-order valence-corrected chi connectivity index (χ2v) is 5.32. The Labute approximate surface area is 118 Å². The molecule has 110 valence electrons. The van der Waals surface area contributed by atoms with E-state index in [1.54, 1.807) is 4.90 Å². The van der Waals surface area contributed by atoms with Gasteiger partial charge < -0.3 is 15.7 Å². The van der Waals surface area contributed by atoms with Gasteiger partial charge in [0.15, 0.2) is 0 Å². The summed E-state index contributed by atoms with van der Waals surface area (Å²) in [4.78, 5) is 14.2. The highest BCUT2D eigenvalue weighted by molar-refractivity contribution is 5.94. The van der Waals surface area contributed by atoms with Crippen LogP contribution in [0.2, 0.25) is 0 Å². The summed E-state index contributed by atoms with van der Waals surface area (Å²) in [5.41, 5.74) is 5.89. The molecule has 1 aliphatic rings. The molecular formula is C15H21FN2O2. The number of hydrogen-bond acceptors (Lipinski definition) is 3. The minimum absolute atomic E-state index is 0.0134. The highest BCUT2D eigenvalue weighted by Crippen LogP contribution is 2.25. The normalized spacial score (nSPS) is 22.6. The van der Waals surface area contributed by atoms with E-state index < -0.39 is 5.82 Å². The van der Waals surface area contributed by atoms with Gasteiger partial charge in [-0.05, 0) is 44.7 Å². The summed E-state index contributed by atoms with van der Waals surface area (Å²) in [5.74, 6) is -1.17. The molecule has 1 saturated carbocycles. The SMILES string of the molecule is CCN(C(=O)c1ccc(O)cc1F)C1CCC(N)CC1. The summed E-state index contributed by atoms with van der Waals surface area (Å²) in [6.45, 7) is 2.43. The van der Waals surface area contributed by atoms with Gasteiger partial charge in [-0.15, -0.1) is 0 Å². The number of carbonyl (C=O) groups is 1. The Bertz CT molecular complexity index is 485. The predicted octanol–water partition coefficient (Wildman–Crippen LogP) is 2.26. The van der Waals surface area contributed by atoms with Crippen molar-refractivity contribution in [3.05, 3.63) is 29.6 Å². The van der Waals surface area contributed by atoms with Crippen LogP contribution in [0.4, 0.5) is 4.39 Å². The van der Waals surface area contributed by atoms with Crippen LogP contribution in [0.3, 0.4) is 0 Å². The van der Waals surface area contributed by atoms with Gasteiger partial charge in [-0.3, -0.25) is 4.79 Å². The molecule has 1 aliphatic carbocycles. The van der Waals surface area contributed by atoms with Gasteiger partial charge in [0, 0.05) is 24.7 Å². The summed E-state index contributed by atoms with van der Waals surface area (Å²) in [5, 5.41) is 9.21. The smallest absolute Gasteiger partial charge is 0.257 e. The Balaban J connectivity index is 2.16. The molecule has 4 nitrogen and oxygen atoms in total. The third-order valence-corrected chi connectivity index (χ3v) is 3.97. The van der Waals surface area contributed by atoms with Crippen molar-refractivity contribution in [1.82, 2.24) is 4.90 Å². The van der Waals surface area contributed by atoms with E-state index >= 15 is 0 Å². The van der Waals surface area contributed by atoms with E-state index in [-0.39, 0.29) is 29.3 Å². The van der Waals surface area contributed by atoms with Crippen molar-refractivity contribution in [3.63, 3.8) is 0 Å². The zero-order chi connectivity index (χ0) is 14.7. The van der Waals surface area contributed by atoms with Gasteiger partial charge >= 0.3 is 0 Å². The van der Waals surface area contributed by atoms with E-state index in [0.717, 1.165) is 31.7 Å². The lowest BCUT2D eigenvalue weighted by Crippen LogP contribution is -2.44. The van der Waals surface area contributed by atoms with Crippen LogP contribution in [-0.4, -0.2) is 34.5 Å². The van der Waals surface area contributed by atoms with Gasteiger partial charge in [0.1, 0.15) is 11.6 Å². The molecule has 1 fully saturated rings. The molecule has 0 aromatic heterocycles. The Hall–Kier alpha value is -1.62. The minimum Gasteiger partial charge on any atom is -0.508 e. The second kappa shape index (κ2) is 6.22. The molecule has 0 spiro atoms. The van der Waals surface area contributed by atoms with Crippen LogP contribution in [0.15, 0.2) is 18.2 Å². The third kappa shape index (κ3) is 3.10. The van der Waals surface area contributed by atoms with E-state index in [1.807, 2.05) is 6.92 Å². The molecule has 0 atom stereocenters. The Morgan fingerprint density at radius 3 is 2.60 bits per heavy atom. The van der Waals surface area contributed by atoms with Crippen LogP contribution in [0, 0.1) is 5.82 Å². The third-order valence-electron chi connectivity index (χ3n) is 3.97. The first-order valence-electron chi connectivity index (χ1n) is 7.08. The first kappa shape index (κ1) is 14.8. The molecule has 0 heterocycles. The number of phenols is 1. The number of nitrogens with zero attached hydrogens (tertiary/aromatic N) is 1. The van der Waals surface area contributed by atoms with Gasteiger partial charge in [-0.2, -0.15) is 0 Å². The van der Waals surface area contributed by atoms with Gasteiger partial charge in [0.05, 0.1) is 5.56 Å². The standard InChI is InChI=1S/C15H21FN2O2/c1-2-18(11-5-3-10(17)4-6-11)15(20)13-8-7-12(19)9-14(13)16/h7-11,19H,2-6,17H2,1H3. The fraction of sp³-hybridized carbons (Fsp3) is 0.533. The summed E-state index contributed by atoms with van der Waals surface area (Å²) >= 11 is 0. The maximum Gasteiger partial charge on any atom is 0.257 e. The second-order valence-electron chi connectivity index (χ2n) is 5.32. The van der Waals surface area contributed by atoms with Crippen LogP contribution in [0.5, 0.6) is 5.75 Å². The van der Waals surface area contributed by atoms with Crippen LogP contribution < -0.4 is 5.73 Å². The van der Waals surface area contributed by atoms with Gasteiger partial charge in [-0.25, -0.2) is 4.39 Å². The average molecular weight is 280 g/mol. The first-order valence-corrected chi connectivity index (χ1v) is 7.08. The molecule has 5 heteroatoms. The summed E-state index contributed by atoms with van der Waals surface area (Å²) < 4.78 is 13.8. The van der Waals surface area contributed by atoms with E-state index in [0.29, 0.717) is 6.54 Å². The molecule has 1 aromatic rings. The molecule has 0 aliphatic heterocycles. The van der Waals surface area contributed by atoms with E-state index in [1.165, 1.54) is 12.1 Å². The van der Waals surface area contributed by atoms with Crippen molar-refractivity contribution in [1.29, 1.82) is 0 Å². The van der Waals surface area contributed by atoms with Crippen molar-refractivity contribution in [2.75, 3.05) is 6.54 Å². The number of nitrogens with two attached hydrogens (primary N) is 1. The predicted molar refractivity (Wildman–Crippen MR) is 75.0 cm³/mol. The highest BCUT2D eigenvalue weighted by Gasteiger charge is 2.28. The van der Waals surface area contributed by atoms with Crippen LogP contribution in [0.1, 0.15) is 43.0 Å². The number of phenolic OH excluding ortho intramolecular Hbond substituents is 1. The highest BCUT2D eigenvalue weighted by atomic mass is 19.1. The molecule has 3 N–H and O–H groups in total. The maximum atomic E-state index is 13.8. The molecule has 0 bridgehead atoms. The molecule has 20 heavy (non-hydrogen) atoms. The molecule has 1 amide bonds. The van der Waals surface area contributed by atoms with Gasteiger partial charge in [0.25, 0.3) is 5.91 Å². The monoisotopic (exact) mass is 280 g/mol. The van der Waals surface area contributed by atoms with Crippen molar-refractivity contribution in [3.8, 4) is 5.75 Å². The fourth-order valence-electron chi connectivity index (χ4n) is 2.81. The number of hydrogen-bond donors (Lipinski definition) is 2. The number of rotatable bonds is 3. The van der Waals surface area contributed by atoms with Crippen LogP contribution >= 0.6 is 0 Å². The van der Waals surface area contributed by atoms with Gasteiger partial charge in [0.2, 0.25) is 0 Å². The maximum absolute atomic E-state index is 13.8. The number of benzene rings is 1. The Morgan fingerprint density at radius 2 is 2.05 bits per heavy atom. The Morgan fingerprint density at radius 1 is 1.40 bits per heavy atom. The quantitative estimate of drug-likeness (QED) is 0.892. The lowest BCUT2D eigenvalue weighted by molar-refractivity contribution is 0.0636. The van der Waals surface area contributed by atoms with E-state index in [9.17, 15) is 14.3 Å². The number of amides is 1. The van der Waals surface area contributed by atoms with E-state index in [4.69, 9.17) is 5.73 Å². The molecule has 2 rings (SSSR count). The molecule has 0 unspecified atom stereocenters. The molecule has 0 radical (unpaired) electrons.